The van der Waals surface area contributed by atoms with Gasteiger partial charge in [0.15, 0.2) is 0 Å². The molecule has 0 aromatic carbocycles. The summed E-state index contributed by atoms with van der Waals surface area (Å²) in [4.78, 5) is 4.12. The average molecular weight is 354 g/mol. The molecule has 2 rings (SSSR count). The summed E-state index contributed by atoms with van der Waals surface area (Å²) in [5.74, 6) is 0. The highest BCUT2D eigenvalue weighted by atomic mass is 28.5. The van der Waals surface area contributed by atoms with Gasteiger partial charge in [0.2, 0.25) is 0 Å². The Hall–Kier alpha value is -0.536. The van der Waals surface area contributed by atoms with E-state index in [2.05, 4.69) is 31.2 Å². The third-order valence-electron chi connectivity index (χ3n) is 4.05. The van der Waals surface area contributed by atoms with E-state index < -0.39 is 17.1 Å². The van der Waals surface area contributed by atoms with Crippen molar-refractivity contribution in [2.75, 3.05) is 0 Å². The topological polar surface area (TPSA) is 40.6 Å². The maximum Gasteiger partial charge on any atom is 0.323 e. The Morgan fingerprint density at radius 3 is 2.35 bits per heavy atom. The maximum absolute atomic E-state index is 6.41. The van der Waals surface area contributed by atoms with E-state index in [9.17, 15) is 0 Å². The first-order valence-corrected chi connectivity index (χ1v) is 14.4. The van der Waals surface area contributed by atoms with Crippen molar-refractivity contribution in [1.82, 2.24) is 4.98 Å². The van der Waals surface area contributed by atoms with Crippen LogP contribution in [0.4, 0.5) is 0 Å². The van der Waals surface area contributed by atoms with Gasteiger partial charge in [-0.05, 0) is 50.7 Å². The number of hydrogen-bond acceptors (Lipinski definition) is 4. The van der Waals surface area contributed by atoms with Crippen molar-refractivity contribution in [1.29, 1.82) is 0 Å². The second-order valence-corrected chi connectivity index (χ2v) is 14.2. The zero-order valence-electron chi connectivity index (χ0n) is 15.0. The predicted molar refractivity (Wildman–Crippen MR) is 97.7 cm³/mol. The molecule has 23 heavy (non-hydrogen) atoms. The van der Waals surface area contributed by atoms with Crippen molar-refractivity contribution < 1.29 is 13.0 Å². The van der Waals surface area contributed by atoms with Crippen molar-refractivity contribution in [2.45, 2.75) is 77.4 Å². The minimum Gasteiger partial charge on any atom is -0.415 e. The molecule has 0 atom stereocenters. The molecular weight excluding hydrogens is 322 g/mol. The molecule has 1 aliphatic rings. The van der Waals surface area contributed by atoms with Gasteiger partial charge in [-0.1, -0.05) is 31.7 Å². The van der Waals surface area contributed by atoms with Gasteiger partial charge in [0.1, 0.15) is 0 Å². The lowest BCUT2D eigenvalue weighted by Crippen LogP contribution is -2.50. The van der Waals surface area contributed by atoms with Crippen molar-refractivity contribution in [2.24, 2.45) is 0 Å². The van der Waals surface area contributed by atoms with Crippen LogP contribution in [0.5, 0.6) is 0 Å². The van der Waals surface area contributed by atoms with Crippen molar-refractivity contribution in [3.63, 3.8) is 0 Å². The largest absolute Gasteiger partial charge is 0.415 e. The fraction of sp³-hybridized carbons (Fsp3) is 0.706. The van der Waals surface area contributed by atoms with E-state index in [4.69, 9.17) is 13.0 Å². The van der Waals surface area contributed by atoms with E-state index in [1.807, 2.05) is 18.3 Å². The molecule has 0 saturated heterocycles. The monoisotopic (exact) mass is 353 g/mol. The molecule has 0 radical (unpaired) electrons. The molecule has 130 valence electrons. The molecule has 1 aromatic heterocycles. The SMILES string of the molecule is C[Si](C)(OCc1cccnc1)O[Si](C)(C)OC1CCCCCC1. The maximum atomic E-state index is 6.41. The van der Waals surface area contributed by atoms with Crippen LogP contribution in [0.25, 0.3) is 0 Å². The number of aromatic nitrogens is 1. The van der Waals surface area contributed by atoms with Gasteiger partial charge in [-0.15, -0.1) is 0 Å². The Balaban J connectivity index is 1.84. The van der Waals surface area contributed by atoms with Crippen LogP contribution in [0.2, 0.25) is 26.2 Å². The molecule has 0 bridgehead atoms. The van der Waals surface area contributed by atoms with Gasteiger partial charge in [0.05, 0.1) is 6.61 Å². The summed E-state index contributed by atoms with van der Waals surface area (Å²) in [7, 11) is -4.38. The van der Waals surface area contributed by atoms with Crippen LogP contribution in [-0.2, 0) is 19.6 Å². The molecule has 0 N–H and O–H groups in total. The third kappa shape index (κ3) is 7.26. The van der Waals surface area contributed by atoms with Gasteiger partial charge < -0.3 is 13.0 Å². The number of rotatable bonds is 7. The fourth-order valence-electron chi connectivity index (χ4n) is 3.15. The number of hydrogen-bond donors (Lipinski definition) is 0. The molecule has 1 fully saturated rings. The minimum absolute atomic E-state index is 0.377. The van der Waals surface area contributed by atoms with E-state index in [1.165, 1.54) is 38.5 Å². The van der Waals surface area contributed by atoms with Gasteiger partial charge in [-0.3, -0.25) is 4.98 Å². The van der Waals surface area contributed by atoms with Gasteiger partial charge in [0.25, 0.3) is 0 Å². The normalized spacial score (nSPS) is 17.9. The van der Waals surface area contributed by atoms with E-state index >= 15 is 0 Å². The zero-order valence-corrected chi connectivity index (χ0v) is 17.0. The summed E-state index contributed by atoms with van der Waals surface area (Å²) in [5.41, 5.74) is 1.08. The summed E-state index contributed by atoms with van der Waals surface area (Å²) >= 11 is 0. The summed E-state index contributed by atoms with van der Waals surface area (Å²) in [6.45, 7) is 9.07. The summed E-state index contributed by atoms with van der Waals surface area (Å²) in [6, 6.07) is 3.96. The molecule has 0 amide bonds. The lowest BCUT2D eigenvalue weighted by molar-refractivity contribution is 0.126. The quantitative estimate of drug-likeness (QED) is 0.523. The van der Waals surface area contributed by atoms with Crippen LogP contribution in [0, 0.1) is 0 Å². The Morgan fingerprint density at radius 2 is 1.74 bits per heavy atom. The number of pyridine rings is 1. The van der Waals surface area contributed by atoms with Gasteiger partial charge >= 0.3 is 17.1 Å². The fourth-order valence-corrected chi connectivity index (χ4v) is 9.86. The molecule has 0 unspecified atom stereocenters. The Bertz CT molecular complexity index is 460. The van der Waals surface area contributed by atoms with E-state index in [1.54, 1.807) is 6.20 Å². The molecule has 1 heterocycles. The van der Waals surface area contributed by atoms with Crippen molar-refractivity contribution in [3.05, 3.63) is 30.1 Å². The van der Waals surface area contributed by atoms with E-state index in [0.717, 1.165) is 5.56 Å². The molecule has 0 aliphatic heterocycles. The Morgan fingerprint density at radius 1 is 1.04 bits per heavy atom. The Kier molecular flexibility index (Phi) is 6.97. The van der Waals surface area contributed by atoms with Crippen LogP contribution < -0.4 is 0 Å². The van der Waals surface area contributed by atoms with Crippen LogP contribution in [0.3, 0.4) is 0 Å². The van der Waals surface area contributed by atoms with Crippen LogP contribution in [0.1, 0.15) is 44.1 Å². The number of nitrogens with zero attached hydrogens (tertiary/aromatic N) is 1. The zero-order chi connectivity index (χ0) is 16.8. The predicted octanol–water partition coefficient (Wildman–Crippen LogP) is 4.76. The smallest absolute Gasteiger partial charge is 0.323 e. The van der Waals surface area contributed by atoms with Crippen molar-refractivity contribution in [3.8, 4) is 0 Å². The highest BCUT2D eigenvalue weighted by Crippen LogP contribution is 2.25. The highest BCUT2D eigenvalue weighted by molar-refractivity contribution is 6.78. The molecule has 1 aliphatic carbocycles. The molecule has 1 aromatic rings. The van der Waals surface area contributed by atoms with E-state index in [0.29, 0.717) is 12.7 Å². The highest BCUT2D eigenvalue weighted by Gasteiger charge is 2.38. The van der Waals surface area contributed by atoms with Gasteiger partial charge in [-0.25, -0.2) is 0 Å². The molecule has 0 spiro atoms. The second-order valence-electron chi connectivity index (χ2n) is 7.28. The van der Waals surface area contributed by atoms with Crippen molar-refractivity contribution >= 4 is 17.1 Å². The second kappa shape index (κ2) is 8.53. The van der Waals surface area contributed by atoms with Crippen LogP contribution in [-0.4, -0.2) is 28.2 Å². The molecule has 4 nitrogen and oxygen atoms in total. The summed E-state index contributed by atoms with van der Waals surface area (Å²) < 4.78 is 18.9. The summed E-state index contributed by atoms with van der Waals surface area (Å²) in [5, 5.41) is 0. The minimum atomic E-state index is -2.21. The first-order chi connectivity index (χ1) is 10.9. The molecular formula is C17H31NO3Si2. The lowest BCUT2D eigenvalue weighted by atomic mass is 10.2. The first kappa shape index (κ1) is 18.8. The van der Waals surface area contributed by atoms with Crippen LogP contribution in [0.15, 0.2) is 24.5 Å². The third-order valence-corrected chi connectivity index (χ3v) is 9.73. The standard InChI is InChI=1S/C17H31NO3Si2/c1-22(2,19-15-16-10-9-13-18-14-16)21-23(3,4)20-17-11-7-5-6-8-12-17/h9-10,13-14,17H,5-8,11-12,15H2,1-4H3. The van der Waals surface area contributed by atoms with Crippen LogP contribution >= 0.6 is 0 Å². The molecule has 1 saturated carbocycles. The lowest BCUT2D eigenvalue weighted by Gasteiger charge is -2.35. The Labute approximate surface area is 143 Å². The van der Waals surface area contributed by atoms with Gasteiger partial charge in [-0.2, -0.15) is 0 Å². The average Bonchev–Trinajstić information content (AvgIpc) is 2.73. The first-order valence-electron chi connectivity index (χ1n) is 8.77. The van der Waals surface area contributed by atoms with Gasteiger partial charge in [0, 0.05) is 18.5 Å². The summed E-state index contributed by atoms with van der Waals surface area (Å²) in [6.07, 6.45) is 11.6. The molecule has 6 heteroatoms. The van der Waals surface area contributed by atoms with E-state index in [-0.39, 0.29) is 0 Å².